The lowest BCUT2D eigenvalue weighted by Gasteiger charge is -2.18. The number of hydrogen-bond acceptors (Lipinski definition) is 7. The maximum Gasteiger partial charge on any atom is 0.276 e. The molecule has 3 aromatic rings. The van der Waals surface area contributed by atoms with Crippen molar-refractivity contribution in [1.82, 2.24) is 9.85 Å². The minimum atomic E-state index is -1.21. The van der Waals surface area contributed by atoms with E-state index in [1.54, 1.807) is 37.4 Å². The van der Waals surface area contributed by atoms with Crippen LogP contribution in [0.3, 0.4) is 0 Å². The zero-order valence-corrected chi connectivity index (χ0v) is 19.8. The lowest BCUT2D eigenvalue weighted by molar-refractivity contribution is -0.178. The van der Waals surface area contributed by atoms with Crippen molar-refractivity contribution in [2.45, 2.75) is 46.8 Å². The summed E-state index contributed by atoms with van der Waals surface area (Å²) in [5, 5.41) is 13.2. The molecule has 1 amide bonds. The van der Waals surface area contributed by atoms with Crippen molar-refractivity contribution < 1.29 is 23.9 Å². The lowest BCUT2D eigenvalue weighted by atomic mass is 10.1. The van der Waals surface area contributed by atoms with Gasteiger partial charge in [-0.25, -0.2) is 9.87 Å². The molecule has 2 aromatic carbocycles. The Morgan fingerprint density at radius 1 is 1.22 bits per heavy atom. The maximum atomic E-state index is 14.4. The third-order valence-electron chi connectivity index (χ3n) is 4.18. The summed E-state index contributed by atoms with van der Waals surface area (Å²) in [7, 11) is 0. The second kappa shape index (κ2) is 11.9. The van der Waals surface area contributed by atoms with Crippen molar-refractivity contribution in [3.63, 3.8) is 0 Å². The highest BCUT2D eigenvalue weighted by molar-refractivity contribution is 7.13. The van der Waals surface area contributed by atoms with Gasteiger partial charge in [-0.05, 0) is 68.6 Å². The van der Waals surface area contributed by atoms with E-state index >= 15 is 0 Å². The van der Waals surface area contributed by atoms with Gasteiger partial charge in [-0.1, -0.05) is 19.9 Å². The second-order valence-corrected chi connectivity index (χ2v) is 8.10. The van der Waals surface area contributed by atoms with Gasteiger partial charge in [0.1, 0.15) is 5.82 Å². The molecule has 0 aliphatic rings. The normalized spacial score (nSPS) is 11.1. The summed E-state index contributed by atoms with van der Waals surface area (Å²) in [4.78, 5) is 17.9. The monoisotopic (exact) mass is 463 g/mol. The molecule has 1 heterocycles. The molecule has 0 unspecified atom stereocenters. The van der Waals surface area contributed by atoms with Gasteiger partial charge in [-0.2, -0.15) is 4.37 Å². The molecule has 174 valence electrons. The first kappa shape index (κ1) is 25.7. The van der Waals surface area contributed by atoms with Crippen LogP contribution in [-0.2, 0) is 9.57 Å². The number of ether oxygens (including phenoxy) is 1. The van der Waals surface area contributed by atoms with E-state index in [0.717, 1.165) is 10.3 Å². The van der Waals surface area contributed by atoms with Crippen LogP contribution in [0.15, 0.2) is 36.5 Å². The minimum absolute atomic E-state index is 0.208. The molecular formula is C23H30FN3O4S. The number of hydroxylamine groups is 1. The van der Waals surface area contributed by atoms with E-state index in [2.05, 4.69) is 15.2 Å². The molecule has 0 fully saturated rings. The van der Waals surface area contributed by atoms with Crippen molar-refractivity contribution >= 4 is 38.9 Å². The number of rotatable bonds is 9. The molecule has 0 bridgehead atoms. The Kier molecular flexibility index (Phi) is 9.52. The Labute approximate surface area is 191 Å². The summed E-state index contributed by atoms with van der Waals surface area (Å²) < 4.78 is 24.6. The highest BCUT2D eigenvalue weighted by Crippen LogP contribution is 2.33. The van der Waals surface area contributed by atoms with E-state index in [1.807, 2.05) is 13.8 Å². The van der Waals surface area contributed by atoms with Gasteiger partial charge < -0.3 is 15.2 Å². The number of nitrogens with zero attached hydrogens (tertiary/aromatic N) is 1. The molecule has 0 saturated heterocycles. The van der Waals surface area contributed by atoms with E-state index in [4.69, 9.17) is 9.57 Å². The Morgan fingerprint density at radius 2 is 1.97 bits per heavy atom. The number of amides is 1. The zero-order chi connectivity index (χ0) is 23.7. The fourth-order valence-electron chi connectivity index (χ4n) is 2.75. The van der Waals surface area contributed by atoms with Crippen LogP contribution in [0.4, 0.5) is 15.8 Å². The molecule has 3 rings (SSSR count). The number of anilines is 2. The van der Waals surface area contributed by atoms with Crippen molar-refractivity contribution in [2.75, 3.05) is 18.5 Å². The van der Waals surface area contributed by atoms with E-state index in [-0.39, 0.29) is 18.9 Å². The van der Waals surface area contributed by atoms with Gasteiger partial charge >= 0.3 is 0 Å². The van der Waals surface area contributed by atoms with Gasteiger partial charge in [0.2, 0.25) is 0 Å². The van der Waals surface area contributed by atoms with Crippen LogP contribution in [0.25, 0.3) is 10.1 Å². The largest absolute Gasteiger partial charge is 0.366 e. The van der Waals surface area contributed by atoms with Crippen LogP contribution >= 0.6 is 11.5 Å². The highest BCUT2D eigenvalue weighted by Gasteiger charge is 2.18. The van der Waals surface area contributed by atoms with Gasteiger partial charge in [-0.15, -0.1) is 0 Å². The summed E-state index contributed by atoms with van der Waals surface area (Å²) in [6.07, 6.45) is 2.12. The van der Waals surface area contributed by atoms with Gasteiger partial charge in [0.25, 0.3) is 5.91 Å². The molecule has 9 heteroatoms. The van der Waals surface area contributed by atoms with Crippen LogP contribution in [0.1, 0.15) is 50.0 Å². The summed E-state index contributed by atoms with van der Waals surface area (Å²) in [5.41, 5.74) is 4.21. The first-order chi connectivity index (χ1) is 15.2. The summed E-state index contributed by atoms with van der Waals surface area (Å²) in [5.74, 6) is -2.09. The molecule has 0 aliphatic heterocycles. The maximum absolute atomic E-state index is 14.4. The van der Waals surface area contributed by atoms with Crippen molar-refractivity contribution in [2.24, 2.45) is 0 Å². The molecule has 7 nitrogen and oxygen atoms in total. The molecule has 0 atom stereocenters. The number of halogens is 1. The minimum Gasteiger partial charge on any atom is -0.366 e. The number of fused-ring (bicyclic) bond motifs is 1. The highest BCUT2D eigenvalue weighted by atomic mass is 32.1. The number of aryl methyl sites for hydroxylation is 1. The standard InChI is InChI=1S/C21H24FN3O4S.C2H6/c1-13-5-7-17(16(22)11-13)24-19-14(6-8-18-15(19)12-23-30-18)20(26)25-29-10-4-9-28-21(2,3)27;1-2/h5-8,11-12,24,27H,4,9-10H2,1-3H3,(H,25,26);1-2H3. The number of carbonyl (C=O) groups excluding carboxylic acids is 1. The predicted molar refractivity (Wildman–Crippen MR) is 126 cm³/mol. The van der Waals surface area contributed by atoms with Crippen LogP contribution in [0, 0.1) is 12.7 Å². The van der Waals surface area contributed by atoms with Crippen LogP contribution in [0.2, 0.25) is 0 Å². The fraction of sp³-hybridized carbons (Fsp3) is 0.391. The molecule has 0 saturated carbocycles. The number of nitrogens with one attached hydrogen (secondary N) is 2. The first-order valence-corrected chi connectivity index (χ1v) is 11.2. The van der Waals surface area contributed by atoms with Gasteiger partial charge in [0.15, 0.2) is 5.79 Å². The first-order valence-electron chi connectivity index (χ1n) is 10.4. The van der Waals surface area contributed by atoms with Gasteiger partial charge in [0, 0.05) is 5.39 Å². The van der Waals surface area contributed by atoms with E-state index in [1.165, 1.54) is 31.4 Å². The SMILES string of the molecule is CC.Cc1ccc(Nc2c(C(=O)NOCCCOC(C)(C)O)ccc3sncc23)c(F)c1. The molecule has 0 spiro atoms. The summed E-state index contributed by atoms with van der Waals surface area (Å²) >= 11 is 1.29. The van der Waals surface area contributed by atoms with Crippen LogP contribution in [-0.4, -0.2) is 34.4 Å². The number of aromatic nitrogens is 1. The molecule has 32 heavy (non-hydrogen) atoms. The number of aliphatic hydroxyl groups is 1. The molecule has 0 aliphatic carbocycles. The number of benzene rings is 2. The molecule has 0 radical (unpaired) electrons. The van der Waals surface area contributed by atoms with Crippen molar-refractivity contribution in [3.8, 4) is 0 Å². The average Bonchev–Trinajstić information content (AvgIpc) is 3.22. The fourth-order valence-corrected chi connectivity index (χ4v) is 3.40. The third kappa shape index (κ3) is 7.23. The van der Waals surface area contributed by atoms with Crippen molar-refractivity contribution in [3.05, 3.63) is 53.5 Å². The lowest BCUT2D eigenvalue weighted by Crippen LogP contribution is -2.27. The number of hydrogen-bond donors (Lipinski definition) is 3. The van der Waals surface area contributed by atoms with E-state index in [0.29, 0.717) is 23.1 Å². The predicted octanol–water partition coefficient (Wildman–Crippen LogP) is 5.31. The quantitative estimate of drug-likeness (QED) is 0.226. The van der Waals surface area contributed by atoms with Crippen LogP contribution < -0.4 is 10.8 Å². The summed E-state index contributed by atoms with van der Waals surface area (Å²) in [6, 6.07) is 8.27. The van der Waals surface area contributed by atoms with Gasteiger partial charge in [0.05, 0.1) is 41.0 Å². The number of carbonyl (C=O) groups is 1. The smallest absolute Gasteiger partial charge is 0.276 e. The average molecular weight is 464 g/mol. The zero-order valence-electron chi connectivity index (χ0n) is 19.0. The van der Waals surface area contributed by atoms with E-state index in [9.17, 15) is 14.3 Å². The van der Waals surface area contributed by atoms with Crippen LogP contribution in [0.5, 0.6) is 0 Å². The Bertz CT molecular complexity index is 1030. The Hall–Kier alpha value is -2.59. The molecular weight excluding hydrogens is 433 g/mol. The van der Waals surface area contributed by atoms with Gasteiger partial charge in [-0.3, -0.25) is 9.63 Å². The third-order valence-corrected chi connectivity index (χ3v) is 4.94. The van der Waals surface area contributed by atoms with Crippen molar-refractivity contribution in [1.29, 1.82) is 0 Å². The second-order valence-electron chi connectivity index (χ2n) is 7.26. The Balaban J connectivity index is 0.00000176. The Morgan fingerprint density at radius 3 is 2.66 bits per heavy atom. The summed E-state index contributed by atoms with van der Waals surface area (Å²) in [6.45, 7) is 9.37. The van der Waals surface area contributed by atoms with E-state index < -0.39 is 17.5 Å². The molecule has 1 aromatic heterocycles. The topological polar surface area (TPSA) is 92.7 Å². The molecule has 3 N–H and O–H groups in total.